The van der Waals surface area contributed by atoms with Gasteiger partial charge in [-0.3, -0.25) is 4.79 Å². The summed E-state index contributed by atoms with van der Waals surface area (Å²) in [6.07, 6.45) is 2.84. The second-order valence-electron chi connectivity index (χ2n) is 9.30. The number of carbonyl (C=O) groups is 3. The minimum atomic E-state index is -2.07. The highest BCUT2D eigenvalue weighted by Gasteiger charge is 2.26. The number of nitrogens with one attached hydrogen (secondary N) is 1. The maximum atomic E-state index is 12.8. The zero-order chi connectivity index (χ0) is 26.6. The van der Waals surface area contributed by atoms with Gasteiger partial charge in [0.2, 0.25) is 5.91 Å². The SMILES string of the molecule is CCOc1ccccc1N1CC[NH+](CCC(=O)N2CCC(c3ccccc3)CC2)CC1.O=C([O-])C(=O)O. The predicted octanol–water partition coefficient (Wildman–Crippen LogP) is 0.407. The molecule has 200 valence electrons. The normalized spacial score (nSPS) is 16.5. The third-order valence-corrected chi connectivity index (χ3v) is 6.96. The average molecular weight is 512 g/mol. The molecule has 9 nitrogen and oxygen atoms in total. The molecule has 0 saturated carbocycles. The van der Waals surface area contributed by atoms with Crippen LogP contribution in [0.5, 0.6) is 5.75 Å². The van der Waals surface area contributed by atoms with Gasteiger partial charge in [-0.15, -0.1) is 0 Å². The van der Waals surface area contributed by atoms with Crippen LogP contribution in [0.15, 0.2) is 54.6 Å². The van der Waals surface area contributed by atoms with Gasteiger partial charge < -0.3 is 34.4 Å². The van der Waals surface area contributed by atoms with Crippen LogP contribution in [0.3, 0.4) is 0 Å². The second kappa shape index (κ2) is 14.2. The first-order chi connectivity index (χ1) is 17.9. The lowest BCUT2D eigenvalue weighted by Gasteiger charge is -2.35. The van der Waals surface area contributed by atoms with Crippen molar-refractivity contribution in [2.75, 3.05) is 57.3 Å². The molecule has 2 N–H and O–H groups in total. The van der Waals surface area contributed by atoms with Gasteiger partial charge in [-0.05, 0) is 43.4 Å². The van der Waals surface area contributed by atoms with Crippen molar-refractivity contribution in [3.63, 3.8) is 0 Å². The van der Waals surface area contributed by atoms with Crippen molar-refractivity contribution in [3.05, 3.63) is 60.2 Å². The Morgan fingerprint density at radius 3 is 2.16 bits per heavy atom. The molecule has 0 aliphatic carbocycles. The Morgan fingerprint density at radius 2 is 1.57 bits per heavy atom. The van der Waals surface area contributed by atoms with E-state index in [2.05, 4.69) is 58.3 Å². The van der Waals surface area contributed by atoms with E-state index in [0.29, 0.717) is 24.9 Å². The van der Waals surface area contributed by atoms with Gasteiger partial charge in [0.15, 0.2) is 5.97 Å². The highest BCUT2D eigenvalue weighted by atomic mass is 16.5. The average Bonchev–Trinajstić information content (AvgIpc) is 2.93. The second-order valence-corrected chi connectivity index (χ2v) is 9.30. The quantitative estimate of drug-likeness (QED) is 0.518. The fraction of sp³-hybridized carbons (Fsp3) is 0.464. The number of para-hydroxylation sites is 2. The number of hydrogen-bond acceptors (Lipinski definition) is 6. The molecule has 2 heterocycles. The molecule has 2 fully saturated rings. The molecule has 4 rings (SSSR count). The Kier molecular flexibility index (Phi) is 10.8. The summed E-state index contributed by atoms with van der Waals surface area (Å²) in [5, 5.41) is 16.3. The van der Waals surface area contributed by atoms with E-state index in [1.165, 1.54) is 16.2 Å². The molecular weight excluding hydrogens is 474 g/mol. The third-order valence-electron chi connectivity index (χ3n) is 6.96. The van der Waals surface area contributed by atoms with Crippen LogP contribution in [-0.2, 0) is 14.4 Å². The first-order valence-corrected chi connectivity index (χ1v) is 13.0. The van der Waals surface area contributed by atoms with Crippen LogP contribution in [0.2, 0.25) is 0 Å². The summed E-state index contributed by atoms with van der Waals surface area (Å²) >= 11 is 0. The molecule has 0 bridgehead atoms. The summed E-state index contributed by atoms with van der Waals surface area (Å²) in [7, 11) is 0. The number of aliphatic carboxylic acids is 2. The molecule has 2 aliphatic rings. The lowest BCUT2D eigenvalue weighted by Crippen LogP contribution is -3.15. The van der Waals surface area contributed by atoms with Crippen molar-refractivity contribution in [1.29, 1.82) is 0 Å². The number of carbonyl (C=O) groups excluding carboxylic acids is 2. The number of anilines is 1. The Hall–Kier alpha value is -3.59. The van der Waals surface area contributed by atoms with Gasteiger partial charge >= 0.3 is 5.97 Å². The highest BCUT2D eigenvalue weighted by molar-refractivity contribution is 6.26. The zero-order valence-corrected chi connectivity index (χ0v) is 21.4. The molecule has 0 spiro atoms. The Labute approximate surface area is 218 Å². The summed E-state index contributed by atoms with van der Waals surface area (Å²) in [5.74, 6) is -2.10. The van der Waals surface area contributed by atoms with E-state index in [0.717, 1.165) is 64.4 Å². The van der Waals surface area contributed by atoms with Gasteiger partial charge in [0.05, 0.1) is 51.4 Å². The predicted molar refractivity (Wildman–Crippen MR) is 138 cm³/mol. The van der Waals surface area contributed by atoms with Crippen molar-refractivity contribution in [1.82, 2.24) is 4.90 Å². The van der Waals surface area contributed by atoms with Gasteiger partial charge in [-0.2, -0.15) is 0 Å². The van der Waals surface area contributed by atoms with Crippen LogP contribution in [0, 0.1) is 0 Å². The van der Waals surface area contributed by atoms with E-state index in [1.807, 2.05) is 13.0 Å². The standard InChI is InChI=1S/C26H35N3O2.C2H2O4/c1-2-31-25-11-7-6-10-24(25)28-20-18-27(19-21-28)15-14-26(30)29-16-12-23(13-17-29)22-8-4-3-5-9-22;3-1(4)2(5)6/h3-11,23H,2,12-21H2,1H3;(H,3,4)(H,5,6). The topological polar surface area (TPSA) is 115 Å². The van der Waals surface area contributed by atoms with Crippen LogP contribution in [-0.4, -0.2) is 80.3 Å². The number of amides is 1. The number of piperazine rings is 1. The molecule has 1 amide bonds. The summed E-state index contributed by atoms with van der Waals surface area (Å²) in [5.41, 5.74) is 2.61. The number of piperidine rings is 1. The molecule has 2 aromatic rings. The largest absolute Gasteiger partial charge is 0.539 e. The van der Waals surface area contributed by atoms with Gasteiger partial charge in [0.1, 0.15) is 5.75 Å². The number of nitrogens with zero attached hydrogens (tertiary/aromatic N) is 2. The zero-order valence-electron chi connectivity index (χ0n) is 21.4. The van der Waals surface area contributed by atoms with Crippen LogP contribution in [0.25, 0.3) is 0 Å². The number of likely N-dealkylation sites (tertiary alicyclic amines) is 1. The van der Waals surface area contributed by atoms with E-state index in [9.17, 15) is 4.79 Å². The molecule has 9 heteroatoms. The number of carboxylic acid groups (broad SMARTS) is 2. The highest BCUT2D eigenvalue weighted by Crippen LogP contribution is 2.29. The molecule has 0 unspecified atom stereocenters. The fourth-order valence-corrected chi connectivity index (χ4v) is 4.94. The van der Waals surface area contributed by atoms with E-state index in [1.54, 1.807) is 0 Å². The molecule has 37 heavy (non-hydrogen) atoms. The maximum absolute atomic E-state index is 12.8. The minimum Gasteiger partial charge on any atom is -0.539 e. The fourth-order valence-electron chi connectivity index (χ4n) is 4.94. The van der Waals surface area contributed by atoms with Crippen molar-refractivity contribution >= 4 is 23.5 Å². The summed E-state index contributed by atoms with van der Waals surface area (Å²) < 4.78 is 5.80. The first-order valence-electron chi connectivity index (χ1n) is 13.0. The molecule has 0 radical (unpaired) electrons. The number of hydrogen-bond donors (Lipinski definition) is 2. The molecule has 2 aromatic carbocycles. The Bertz CT molecular complexity index is 1000. The molecule has 2 aliphatic heterocycles. The van der Waals surface area contributed by atoms with Gasteiger partial charge in [-0.25, -0.2) is 4.79 Å². The summed E-state index contributed by atoms with van der Waals surface area (Å²) in [6.45, 7) is 9.62. The summed E-state index contributed by atoms with van der Waals surface area (Å²) in [6, 6.07) is 19.1. The number of rotatable bonds is 7. The molecule has 0 aromatic heterocycles. The van der Waals surface area contributed by atoms with Gasteiger partial charge in [0.25, 0.3) is 0 Å². The lowest BCUT2D eigenvalue weighted by molar-refractivity contribution is -0.900. The van der Waals surface area contributed by atoms with Crippen molar-refractivity contribution < 1.29 is 34.2 Å². The third kappa shape index (κ3) is 8.49. The van der Waals surface area contributed by atoms with Crippen LogP contribution < -0.4 is 19.6 Å². The summed E-state index contributed by atoms with van der Waals surface area (Å²) in [4.78, 5) is 36.8. The first kappa shape index (κ1) is 28.0. The minimum absolute atomic E-state index is 0.336. The van der Waals surface area contributed by atoms with E-state index in [4.69, 9.17) is 24.5 Å². The number of carboxylic acids is 2. The molecular formula is C28H37N3O6. The Morgan fingerprint density at radius 1 is 0.973 bits per heavy atom. The van der Waals surface area contributed by atoms with E-state index < -0.39 is 11.9 Å². The number of benzene rings is 2. The smallest absolute Gasteiger partial charge is 0.351 e. The van der Waals surface area contributed by atoms with Crippen LogP contribution >= 0.6 is 0 Å². The van der Waals surface area contributed by atoms with Gasteiger partial charge in [0, 0.05) is 13.1 Å². The van der Waals surface area contributed by atoms with Crippen molar-refractivity contribution in [2.24, 2.45) is 0 Å². The monoisotopic (exact) mass is 511 g/mol. The molecule has 2 saturated heterocycles. The Balaban J connectivity index is 0.000000568. The maximum Gasteiger partial charge on any atom is 0.351 e. The van der Waals surface area contributed by atoms with Crippen LogP contribution in [0.4, 0.5) is 5.69 Å². The lowest BCUT2D eigenvalue weighted by atomic mass is 9.89. The van der Waals surface area contributed by atoms with E-state index >= 15 is 0 Å². The van der Waals surface area contributed by atoms with Crippen molar-refractivity contribution in [3.8, 4) is 5.75 Å². The van der Waals surface area contributed by atoms with Gasteiger partial charge in [-0.1, -0.05) is 42.5 Å². The van der Waals surface area contributed by atoms with E-state index in [-0.39, 0.29) is 0 Å². The molecule has 0 atom stereocenters. The number of quaternary nitrogens is 1. The number of ether oxygens (including phenoxy) is 1. The van der Waals surface area contributed by atoms with Crippen LogP contribution in [0.1, 0.15) is 37.7 Å². The van der Waals surface area contributed by atoms with Crippen molar-refractivity contribution in [2.45, 2.75) is 32.1 Å².